The third-order valence-corrected chi connectivity index (χ3v) is 4.38. The summed E-state index contributed by atoms with van der Waals surface area (Å²) in [5.41, 5.74) is 1.41. The molecular formula is C18H25NS. The monoisotopic (exact) mass is 287 g/mol. The molecule has 0 spiro atoms. The lowest BCUT2D eigenvalue weighted by atomic mass is 10.0. The number of rotatable bonds is 5. The molecule has 0 fully saturated rings. The Balaban J connectivity index is 0.000000217. The van der Waals surface area contributed by atoms with Gasteiger partial charge in [-0.2, -0.15) is 0 Å². The minimum Gasteiger partial charge on any atom is -0.307 e. The molecule has 20 heavy (non-hydrogen) atoms. The van der Waals surface area contributed by atoms with Gasteiger partial charge in [0.15, 0.2) is 0 Å². The van der Waals surface area contributed by atoms with E-state index in [4.69, 9.17) is 5.41 Å². The number of benzene rings is 1. The topological polar surface area (TPSA) is 23.9 Å². The van der Waals surface area contributed by atoms with Crippen molar-refractivity contribution in [3.05, 3.63) is 57.8 Å². The lowest BCUT2D eigenvalue weighted by molar-refractivity contribution is 0.565. The van der Waals surface area contributed by atoms with Crippen molar-refractivity contribution in [1.82, 2.24) is 0 Å². The molecule has 1 N–H and O–H groups in total. The number of hydrogen-bond donors (Lipinski definition) is 1. The Kier molecular flexibility index (Phi) is 7.89. The van der Waals surface area contributed by atoms with Crippen LogP contribution in [0.3, 0.4) is 0 Å². The molecule has 2 heteroatoms. The second-order valence-corrected chi connectivity index (χ2v) is 6.21. The van der Waals surface area contributed by atoms with Gasteiger partial charge in [-0.15, -0.1) is 11.3 Å². The van der Waals surface area contributed by atoms with Gasteiger partial charge in [0, 0.05) is 16.0 Å². The highest BCUT2D eigenvalue weighted by Gasteiger charge is 2.02. The van der Waals surface area contributed by atoms with Crippen LogP contribution in [0.1, 0.15) is 42.5 Å². The molecule has 2 aromatic rings. The van der Waals surface area contributed by atoms with Gasteiger partial charge in [0.05, 0.1) is 0 Å². The molecule has 1 atom stereocenters. The molecule has 0 aliphatic rings. The Bertz CT molecular complexity index is 487. The predicted molar refractivity (Wildman–Crippen MR) is 91.2 cm³/mol. The van der Waals surface area contributed by atoms with Crippen LogP contribution in [0.2, 0.25) is 0 Å². The minimum absolute atomic E-state index is 0.766. The SMILES string of the molecule is CCC(C)Cc1ccc(C=N)s1.CCc1ccccc1. The summed E-state index contributed by atoms with van der Waals surface area (Å²) in [4.78, 5) is 2.47. The Morgan fingerprint density at radius 2 is 1.80 bits per heavy atom. The molecule has 108 valence electrons. The van der Waals surface area contributed by atoms with E-state index in [1.807, 2.05) is 12.1 Å². The zero-order chi connectivity index (χ0) is 14.8. The van der Waals surface area contributed by atoms with Crippen LogP contribution in [-0.2, 0) is 12.8 Å². The van der Waals surface area contributed by atoms with Gasteiger partial charge in [-0.25, -0.2) is 0 Å². The molecule has 1 heterocycles. The van der Waals surface area contributed by atoms with Gasteiger partial charge in [0.1, 0.15) is 0 Å². The molecule has 0 saturated heterocycles. The average Bonchev–Trinajstić information content (AvgIpc) is 2.96. The van der Waals surface area contributed by atoms with Crippen LogP contribution in [0.5, 0.6) is 0 Å². The van der Waals surface area contributed by atoms with Crippen molar-refractivity contribution >= 4 is 17.6 Å². The van der Waals surface area contributed by atoms with Gasteiger partial charge in [0.25, 0.3) is 0 Å². The van der Waals surface area contributed by atoms with Crippen molar-refractivity contribution < 1.29 is 0 Å². The highest BCUT2D eigenvalue weighted by atomic mass is 32.1. The first-order valence-electron chi connectivity index (χ1n) is 7.32. The second-order valence-electron chi connectivity index (χ2n) is 5.01. The highest BCUT2D eigenvalue weighted by molar-refractivity contribution is 7.13. The normalized spacial score (nSPS) is 11.3. The van der Waals surface area contributed by atoms with Gasteiger partial charge in [-0.05, 0) is 36.5 Å². The molecule has 1 aromatic carbocycles. The van der Waals surface area contributed by atoms with E-state index in [1.165, 1.54) is 23.1 Å². The van der Waals surface area contributed by atoms with Crippen molar-refractivity contribution in [2.75, 3.05) is 0 Å². The molecule has 1 nitrogen and oxygen atoms in total. The quantitative estimate of drug-likeness (QED) is 0.694. The van der Waals surface area contributed by atoms with E-state index in [2.05, 4.69) is 51.1 Å². The van der Waals surface area contributed by atoms with E-state index in [1.54, 1.807) is 11.3 Å². The summed E-state index contributed by atoms with van der Waals surface area (Å²) in [5, 5.41) is 7.07. The Morgan fingerprint density at radius 3 is 2.25 bits per heavy atom. The zero-order valence-electron chi connectivity index (χ0n) is 12.7. The molecule has 2 rings (SSSR count). The van der Waals surface area contributed by atoms with Gasteiger partial charge in [0.2, 0.25) is 0 Å². The molecule has 1 aromatic heterocycles. The van der Waals surface area contributed by atoms with E-state index in [9.17, 15) is 0 Å². The molecule has 0 aliphatic heterocycles. The number of hydrogen-bond acceptors (Lipinski definition) is 2. The fourth-order valence-corrected chi connectivity index (χ4v) is 2.78. The molecule has 0 radical (unpaired) electrons. The van der Waals surface area contributed by atoms with Crippen molar-refractivity contribution in [2.24, 2.45) is 5.92 Å². The standard InChI is InChI=1S/C10H15NS.C8H10/c1-3-8(2)6-9-4-5-10(7-11)12-9;1-2-8-6-4-3-5-7-8/h4-5,7-8,11H,3,6H2,1-2H3;3-7H,2H2,1H3. The fourth-order valence-electron chi connectivity index (χ4n) is 1.78. The molecule has 0 saturated carbocycles. The van der Waals surface area contributed by atoms with Crippen molar-refractivity contribution in [1.29, 1.82) is 5.41 Å². The highest BCUT2D eigenvalue weighted by Crippen LogP contribution is 2.19. The summed E-state index contributed by atoms with van der Waals surface area (Å²) >= 11 is 1.73. The summed E-state index contributed by atoms with van der Waals surface area (Å²) in [6.45, 7) is 6.65. The van der Waals surface area contributed by atoms with Crippen molar-refractivity contribution in [2.45, 2.75) is 40.0 Å². The minimum atomic E-state index is 0.766. The van der Waals surface area contributed by atoms with Crippen LogP contribution in [-0.4, -0.2) is 6.21 Å². The molecule has 1 unspecified atom stereocenters. The third-order valence-electron chi connectivity index (χ3n) is 3.32. The van der Waals surface area contributed by atoms with Crippen LogP contribution in [0.15, 0.2) is 42.5 Å². The lowest BCUT2D eigenvalue weighted by Crippen LogP contribution is -1.94. The Morgan fingerprint density at radius 1 is 1.10 bits per heavy atom. The van der Waals surface area contributed by atoms with E-state index in [0.29, 0.717) is 0 Å². The first kappa shape index (κ1) is 16.6. The maximum atomic E-state index is 7.07. The maximum Gasteiger partial charge on any atom is 0.0448 e. The van der Waals surface area contributed by atoms with E-state index in [-0.39, 0.29) is 0 Å². The molecule has 0 aliphatic carbocycles. The summed E-state index contributed by atoms with van der Waals surface area (Å²) in [6, 6.07) is 14.6. The predicted octanol–water partition coefficient (Wildman–Crippen LogP) is 5.58. The summed E-state index contributed by atoms with van der Waals surface area (Å²) in [7, 11) is 0. The van der Waals surface area contributed by atoms with Crippen LogP contribution >= 0.6 is 11.3 Å². The van der Waals surface area contributed by atoms with Crippen molar-refractivity contribution in [3.8, 4) is 0 Å². The summed E-state index contributed by atoms with van der Waals surface area (Å²) < 4.78 is 0. The second kappa shape index (κ2) is 9.49. The van der Waals surface area contributed by atoms with Crippen LogP contribution in [0, 0.1) is 11.3 Å². The van der Waals surface area contributed by atoms with E-state index < -0.39 is 0 Å². The van der Waals surface area contributed by atoms with Crippen molar-refractivity contribution in [3.63, 3.8) is 0 Å². The van der Waals surface area contributed by atoms with Gasteiger partial charge < -0.3 is 5.41 Å². The molecule has 0 amide bonds. The first-order chi connectivity index (χ1) is 9.69. The summed E-state index contributed by atoms with van der Waals surface area (Å²) in [5.74, 6) is 0.766. The smallest absolute Gasteiger partial charge is 0.0448 e. The lowest BCUT2D eigenvalue weighted by Gasteiger charge is -2.04. The summed E-state index contributed by atoms with van der Waals surface area (Å²) in [6.07, 6.45) is 4.96. The van der Waals surface area contributed by atoms with Crippen LogP contribution in [0.25, 0.3) is 0 Å². The van der Waals surface area contributed by atoms with Gasteiger partial charge in [-0.1, -0.05) is 57.5 Å². The zero-order valence-corrected chi connectivity index (χ0v) is 13.5. The Labute approximate surface area is 127 Å². The average molecular weight is 287 g/mol. The fraction of sp³-hybridized carbons (Fsp3) is 0.389. The van der Waals surface area contributed by atoms with Crippen LogP contribution in [0.4, 0.5) is 0 Å². The van der Waals surface area contributed by atoms with E-state index in [0.717, 1.165) is 23.6 Å². The Hall–Kier alpha value is -1.41. The van der Waals surface area contributed by atoms with Crippen LogP contribution < -0.4 is 0 Å². The van der Waals surface area contributed by atoms with Gasteiger partial charge in [-0.3, -0.25) is 0 Å². The number of nitrogens with one attached hydrogen (secondary N) is 1. The first-order valence-corrected chi connectivity index (χ1v) is 8.14. The van der Waals surface area contributed by atoms with Gasteiger partial charge >= 0.3 is 0 Å². The number of thiophene rings is 1. The maximum absolute atomic E-state index is 7.07. The largest absolute Gasteiger partial charge is 0.307 e. The third kappa shape index (κ3) is 6.16. The molecular weight excluding hydrogens is 262 g/mol. The molecule has 0 bridgehead atoms. The number of aryl methyl sites for hydroxylation is 1. The van der Waals surface area contributed by atoms with E-state index >= 15 is 0 Å².